The van der Waals surface area contributed by atoms with E-state index in [2.05, 4.69) is 99.7 Å². The van der Waals surface area contributed by atoms with Gasteiger partial charge in [-0.15, -0.1) is 0 Å². The second kappa shape index (κ2) is 12.4. The highest BCUT2D eigenvalue weighted by molar-refractivity contribution is 6.74. The number of hydrogen-bond donors (Lipinski definition) is 0. The Balaban J connectivity index is 1.55. The van der Waals surface area contributed by atoms with E-state index in [0.29, 0.717) is 42.5 Å². The fourth-order valence-electron chi connectivity index (χ4n) is 7.75. The summed E-state index contributed by atoms with van der Waals surface area (Å²) in [5, 5.41) is 0.121. The van der Waals surface area contributed by atoms with Gasteiger partial charge in [-0.05, 0) is 110 Å². The van der Waals surface area contributed by atoms with Crippen molar-refractivity contribution in [3.63, 3.8) is 0 Å². The Morgan fingerprint density at radius 3 is 2.32 bits per heavy atom. The lowest BCUT2D eigenvalue weighted by atomic mass is 9.55. The lowest BCUT2D eigenvalue weighted by Crippen LogP contribution is -2.49. The molecule has 0 unspecified atom stereocenters. The molecule has 0 spiro atoms. The Bertz CT molecular complexity index is 1160. The number of allylic oxidation sites excluding steroid dienone is 4. The quantitative estimate of drug-likeness (QED) is 0.0750. The molecule has 2 aliphatic heterocycles. The van der Waals surface area contributed by atoms with Crippen molar-refractivity contribution in [1.82, 2.24) is 0 Å². The van der Waals surface area contributed by atoms with Gasteiger partial charge >= 0.3 is 5.97 Å². The molecule has 6 nitrogen and oxygen atoms in total. The van der Waals surface area contributed by atoms with Crippen LogP contribution in [-0.4, -0.2) is 62.6 Å². The molecule has 0 aromatic rings. The van der Waals surface area contributed by atoms with Crippen molar-refractivity contribution < 1.29 is 28.2 Å². The zero-order chi connectivity index (χ0) is 33.0. The number of hydrogen-bond acceptors (Lipinski definition) is 6. The normalized spacial score (nSPS) is 37.1. The number of fused-ring (bicyclic) bond motifs is 4. The first-order valence-corrected chi connectivity index (χ1v) is 19.8. The van der Waals surface area contributed by atoms with Gasteiger partial charge in [0, 0.05) is 18.4 Å². The first-order chi connectivity index (χ1) is 20.1. The van der Waals surface area contributed by atoms with E-state index in [0.717, 1.165) is 18.4 Å². The van der Waals surface area contributed by atoms with E-state index in [1.165, 1.54) is 5.57 Å². The zero-order valence-corrected chi connectivity index (χ0v) is 31.2. The maximum Gasteiger partial charge on any atom is 0.332 e. The summed E-state index contributed by atoms with van der Waals surface area (Å²) in [5.74, 6) is 1.51. The Hall–Kier alpha value is -1.25. The third-order valence-electron chi connectivity index (χ3n) is 11.4. The number of epoxide rings is 2. The van der Waals surface area contributed by atoms with Crippen LogP contribution in [0.3, 0.4) is 0 Å². The van der Waals surface area contributed by atoms with Crippen LogP contribution in [-0.2, 0) is 28.2 Å². The summed E-state index contributed by atoms with van der Waals surface area (Å²) in [6.45, 7) is 30.7. The first kappa shape index (κ1) is 35.6. The van der Waals surface area contributed by atoms with Crippen molar-refractivity contribution in [3.8, 4) is 0 Å². The maximum atomic E-state index is 12.6. The zero-order valence-electron chi connectivity index (χ0n) is 30.2. The van der Waals surface area contributed by atoms with Crippen molar-refractivity contribution in [2.24, 2.45) is 29.6 Å². The predicted octanol–water partition coefficient (Wildman–Crippen LogP) is 8.43. The van der Waals surface area contributed by atoms with Crippen LogP contribution in [0.15, 0.2) is 35.5 Å². The van der Waals surface area contributed by atoms with Crippen LogP contribution >= 0.6 is 0 Å². The average molecular weight is 631 g/mol. The van der Waals surface area contributed by atoms with Crippen LogP contribution in [0.1, 0.15) is 95.9 Å². The van der Waals surface area contributed by atoms with Gasteiger partial charge < -0.3 is 23.4 Å². The van der Waals surface area contributed by atoms with Gasteiger partial charge in [0.1, 0.15) is 12.2 Å². The van der Waals surface area contributed by atoms with Gasteiger partial charge in [-0.2, -0.15) is 0 Å². The summed E-state index contributed by atoms with van der Waals surface area (Å²) in [4.78, 5) is 12.6. The second-order valence-corrected chi connectivity index (χ2v) is 22.0. The Morgan fingerprint density at radius 2 is 1.73 bits per heavy atom. The van der Waals surface area contributed by atoms with Crippen molar-refractivity contribution in [3.05, 3.63) is 35.5 Å². The minimum atomic E-state index is -1.94. The molecule has 44 heavy (non-hydrogen) atoms. The highest BCUT2D eigenvalue weighted by atomic mass is 28.4. The molecule has 4 fully saturated rings. The summed E-state index contributed by atoms with van der Waals surface area (Å²) in [5.41, 5.74) is 1.87. The van der Waals surface area contributed by atoms with Crippen LogP contribution in [0.25, 0.3) is 0 Å². The Morgan fingerprint density at radius 1 is 1.07 bits per heavy atom. The van der Waals surface area contributed by atoms with Gasteiger partial charge in [0.2, 0.25) is 0 Å². The van der Waals surface area contributed by atoms with Gasteiger partial charge in [0.15, 0.2) is 8.32 Å². The van der Waals surface area contributed by atoms with Crippen LogP contribution < -0.4 is 0 Å². The molecule has 2 saturated heterocycles. The van der Waals surface area contributed by atoms with Gasteiger partial charge in [-0.25, -0.2) is 4.79 Å². The number of ether oxygens (including phenoxy) is 4. The molecular formula is C37H62O6Si. The molecule has 250 valence electrons. The fourth-order valence-corrected chi connectivity index (χ4v) is 8.86. The van der Waals surface area contributed by atoms with Crippen LogP contribution in [0.4, 0.5) is 0 Å². The number of carbonyl (C=O) groups excluding carboxylic acids is 1. The van der Waals surface area contributed by atoms with Crippen molar-refractivity contribution in [2.75, 3.05) is 13.2 Å². The summed E-state index contributed by atoms with van der Waals surface area (Å²) >= 11 is 0. The standard InChI is InChI=1S/C37H62O6Si/c1-15-23(2)31-26(27-19-29-36(11,41-29)20-28(27)33-37(31,12)43-33)18-16-17-24(3)32(39-22-30(38)42-34(5,6)7)25(4)21-40-44(13,14)35(8,9)10/h15-18,25-29,31-33H,19-22H2,1-14H3/b18-16+,23-15-,24-17+/t25-,26-,27-,28+,29-,31-,32+,33-,36+,37+/m0/s1. The van der Waals surface area contributed by atoms with Crippen molar-refractivity contribution in [1.29, 1.82) is 0 Å². The Kier molecular flexibility index (Phi) is 10.0. The molecule has 4 rings (SSSR count). The minimum Gasteiger partial charge on any atom is -0.458 e. The van der Waals surface area contributed by atoms with E-state index in [1.807, 2.05) is 20.8 Å². The number of carbonyl (C=O) groups is 1. The maximum absolute atomic E-state index is 12.6. The molecule has 0 aromatic carbocycles. The minimum absolute atomic E-state index is 0.0442. The number of esters is 1. The topological polar surface area (TPSA) is 69.8 Å². The third-order valence-corrected chi connectivity index (χ3v) is 15.9. The molecule has 0 aromatic heterocycles. The summed E-state index contributed by atoms with van der Waals surface area (Å²) in [6.07, 6.45) is 11.7. The monoisotopic (exact) mass is 630 g/mol. The van der Waals surface area contributed by atoms with Crippen LogP contribution in [0, 0.1) is 29.6 Å². The van der Waals surface area contributed by atoms with E-state index in [9.17, 15) is 4.79 Å². The average Bonchev–Trinajstić information content (AvgIpc) is 3.77. The molecule has 2 saturated carbocycles. The fraction of sp³-hybridized carbons (Fsp3) is 0.811. The van der Waals surface area contributed by atoms with Crippen LogP contribution in [0.2, 0.25) is 18.1 Å². The van der Waals surface area contributed by atoms with Gasteiger partial charge in [0.05, 0.1) is 29.5 Å². The van der Waals surface area contributed by atoms with Gasteiger partial charge in [-0.3, -0.25) is 0 Å². The third kappa shape index (κ3) is 7.48. The molecule has 7 heteroatoms. The highest BCUT2D eigenvalue weighted by Crippen LogP contribution is 2.67. The van der Waals surface area contributed by atoms with E-state index < -0.39 is 13.9 Å². The predicted molar refractivity (Wildman–Crippen MR) is 180 cm³/mol. The molecule has 2 heterocycles. The van der Waals surface area contributed by atoms with E-state index in [-0.39, 0.29) is 40.8 Å². The molecule has 0 N–H and O–H groups in total. The highest BCUT2D eigenvalue weighted by Gasteiger charge is 2.73. The van der Waals surface area contributed by atoms with Crippen molar-refractivity contribution in [2.45, 2.75) is 149 Å². The van der Waals surface area contributed by atoms with Gasteiger partial charge in [-0.1, -0.05) is 57.6 Å². The lowest BCUT2D eigenvalue weighted by Gasteiger charge is -2.45. The smallest absolute Gasteiger partial charge is 0.332 e. The first-order valence-electron chi connectivity index (χ1n) is 16.9. The largest absolute Gasteiger partial charge is 0.458 e. The van der Waals surface area contributed by atoms with E-state index in [1.54, 1.807) is 0 Å². The number of rotatable bonds is 11. The summed E-state index contributed by atoms with van der Waals surface area (Å²) in [6, 6.07) is 0. The molecular weight excluding hydrogens is 568 g/mol. The molecule has 0 bridgehead atoms. The molecule has 2 aliphatic carbocycles. The summed E-state index contributed by atoms with van der Waals surface area (Å²) < 4.78 is 31.2. The lowest BCUT2D eigenvalue weighted by molar-refractivity contribution is -0.162. The molecule has 0 radical (unpaired) electrons. The second-order valence-electron chi connectivity index (χ2n) is 17.2. The Labute approximate surface area is 269 Å². The summed E-state index contributed by atoms with van der Waals surface area (Å²) in [7, 11) is -1.94. The van der Waals surface area contributed by atoms with E-state index >= 15 is 0 Å². The van der Waals surface area contributed by atoms with Crippen molar-refractivity contribution >= 4 is 14.3 Å². The SMILES string of the molecule is C/C=C(/C)[C@H]1[C@@H](/C=C/C=C(\C)[C@@H](OCC(=O)OC(C)(C)C)[C@@H](C)CO[Si](C)(C)C(C)(C)C)[C@@H]2C[C@@H]3O[C@]3(C)C[C@H]2[C@@H]2O[C@@]21C. The van der Waals surface area contributed by atoms with Crippen LogP contribution in [0.5, 0.6) is 0 Å². The van der Waals surface area contributed by atoms with E-state index in [4.69, 9.17) is 23.4 Å². The molecule has 4 aliphatic rings. The molecule has 0 amide bonds. The van der Waals surface area contributed by atoms with Gasteiger partial charge in [0.25, 0.3) is 0 Å². The molecule has 10 atom stereocenters.